The van der Waals surface area contributed by atoms with E-state index < -0.39 is 4.92 Å². The molecule has 0 saturated carbocycles. The van der Waals surface area contributed by atoms with Crippen LogP contribution in [0.4, 0.5) is 5.69 Å². The first kappa shape index (κ1) is 9.54. The van der Waals surface area contributed by atoms with E-state index in [2.05, 4.69) is 28.6 Å². The maximum absolute atomic E-state index is 10.3. The number of halogens is 1. The van der Waals surface area contributed by atoms with Crippen molar-refractivity contribution in [3.8, 4) is 0 Å². The van der Waals surface area contributed by atoms with E-state index in [1.165, 1.54) is 12.1 Å². The highest BCUT2D eigenvalue weighted by molar-refractivity contribution is 9.08. The molecule has 0 heterocycles. The van der Waals surface area contributed by atoms with Gasteiger partial charge in [0.2, 0.25) is 0 Å². The van der Waals surface area contributed by atoms with Crippen molar-refractivity contribution in [3.05, 3.63) is 33.9 Å². The van der Waals surface area contributed by atoms with Gasteiger partial charge in [-0.2, -0.15) is 0 Å². The van der Waals surface area contributed by atoms with Crippen molar-refractivity contribution >= 4 is 34.2 Å². The number of alkyl halides is 1. The van der Waals surface area contributed by atoms with Crippen LogP contribution in [-0.2, 0) is 5.33 Å². The topological polar surface area (TPSA) is 43.1 Å². The zero-order chi connectivity index (χ0) is 9.14. The van der Waals surface area contributed by atoms with Crippen molar-refractivity contribution in [1.82, 2.24) is 0 Å². The molecule has 0 aliphatic heterocycles. The SMILES string of the molecule is O=[N+]([O-])c1ccc(S)c(CBr)c1. The Balaban J connectivity index is 3.13. The van der Waals surface area contributed by atoms with Crippen molar-refractivity contribution in [2.75, 3.05) is 0 Å². The van der Waals surface area contributed by atoms with Gasteiger partial charge in [-0.1, -0.05) is 15.9 Å². The van der Waals surface area contributed by atoms with E-state index in [9.17, 15) is 10.1 Å². The summed E-state index contributed by atoms with van der Waals surface area (Å²) >= 11 is 7.36. The Labute approximate surface area is 83.5 Å². The first-order chi connectivity index (χ1) is 5.65. The summed E-state index contributed by atoms with van der Waals surface area (Å²) in [7, 11) is 0. The summed E-state index contributed by atoms with van der Waals surface area (Å²) in [4.78, 5) is 10.7. The molecule has 3 nitrogen and oxygen atoms in total. The van der Waals surface area contributed by atoms with Crippen molar-refractivity contribution < 1.29 is 4.92 Å². The van der Waals surface area contributed by atoms with Crippen LogP contribution in [-0.4, -0.2) is 4.92 Å². The molecule has 1 rings (SSSR count). The lowest BCUT2D eigenvalue weighted by atomic mass is 10.2. The molecular weight excluding hydrogens is 242 g/mol. The highest BCUT2D eigenvalue weighted by Gasteiger charge is 2.07. The summed E-state index contributed by atoms with van der Waals surface area (Å²) in [5.74, 6) is 0. The van der Waals surface area contributed by atoms with Gasteiger partial charge in [-0.05, 0) is 11.6 Å². The first-order valence-corrected chi connectivity index (χ1v) is 4.74. The van der Waals surface area contributed by atoms with Gasteiger partial charge in [0, 0.05) is 22.4 Å². The van der Waals surface area contributed by atoms with Crippen LogP contribution in [0.2, 0.25) is 0 Å². The standard InChI is InChI=1S/C7H6BrNO2S/c8-4-5-3-6(9(10)11)1-2-7(5)12/h1-3,12H,4H2. The number of hydrogen-bond acceptors (Lipinski definition) is 3. The monoisotopic (exact) mass is 247 g/mol. The van der Waals surface area contributed by atoms with E-state index in [-0.39, 0.29) is 5.69 Å². The summed E-state index contributed by atoms with van der Waals surface area (Å²) in [5, 5.41) is 10.9. The summed E-state index contributed by atoms with van der Waals surface area (Å²) < 4.78 is 0. The number of thiol groups is 1. The molecule has 0 radical (unpaired) electrons. The van der Waals surface area contributed by atoms with Crippen LogP contribution in [0.5, 0.6) is 0 Å². The normalized spacial score (nSPS) is 9.83. The largest absolute Gasteiger partial charge is 0.269 e. The Hall–Kier alpha value is -0.550. The van der Waals surface area contributed by atoms with Crippen molar-refractivity contribution in [1.29, 1.82) is 0 Å². The average Bonchev–Trinajstić information content (AvgIpc) is 2.05. The van der Waals surface area contributed by atoms with Gasteiger partial charge in [-0.25, -0.2) is 0 Å². The van der Waals surface area contributed by atoms with Crippen LogP contribution in [0.3, 0.4) is 0 Å². The van der Waals surface area contributed by atoms with Gasteiger partial charge >= 0.3 is 0 Å². The number of nitro groups is 1. The first-order valence-electron chi connectivity index (χ1n) is 3.17. The van der Waals surface area contributed by atoms with Crippen LogP contribution >= 0.6 is 28.6 Å². The van der Waals surface area contributed by atoms with Crippen LogP contribution in [0.25, 0.3) is 0 Å². The summed E-state index contributed by atoms with van der Waals surface area (Å²) in [5.41, 5.74) is 0.926. The number of nitro benzene ring substituents is 1. The number of rotatable bonds is 2. The van der Waals surface area contributed by atoms with Crippen LogP contribution in [0.1, 0.15) is 5.56 Å². The molecule has 0 aliphatic rings. The molecule has 0 bridgehead atoms. The lowest BCUT2D eigenvalue weighted by Crippen LogP contribution is -1.89. The molecule has 12 heavy (non-hydrogen) atoms. The van der Waals surface area contributed by atoms with Gasteiger partial charge in [0.05, 0.1) is 4.92 Å². The Morgan fingerprint density at radius 3 is 2.75 bits per heavy atom. The number of benzene rings is 1. The van der Waals surface area contributed by atoms with E-state index in [4.69, 9.17) is 0 Å². The van der Waals surface area contributed by atoms with Crippen LogP contribution in [0, 0.1) is 10.1 Å². The molecule has 0 aromatic heterocycles. The Bertz CT molecular complexity index is 316. The second kappa shape index (κ2) is 3.91. The molecule has 0 amide bonds. The maximum Gasteiger partial charge on any atom is 0.269 e. The third-order valence-corrected chi connectivity index (χ3v) is 2.46. The van der Waals surface area contributed by atoms with E-state index in [0.717, 1.165) is 10.5 Å². The predicted molar refractivity (Wildman–Crippen MR) is 53.0 cm³/mol. The van der Waals surface area contributed by atoms with Gasteiger partial charge in [-0.15, -0.1) is 12.6 Å². The van der Waals surface area contributed by atoms with E-state index in [0.29, 0.717) is 5.33 Å². The lowest BCUT2D eigenvalue weighted by molar-refractivity contribution is -0.385. The Morgan fingerprint density at radius 1 is 1.58 bits per heavy atom. The quantitative estimate of drug-likeness (QED) is 0.378. The predicted octanol–water partition coefficient (Wildman–Crippen LogP) is 2.78. The van der Waals surface area contributed by atoms with Crippen molar-refractivity contribution in [2.45, 2.75) is 10.2 Å². The molecule has 1 aromatic rings. The molecule has 0 unspecified atom stereocenters. The molecule has 1 aromatic carbocycles. The molecule has 5 heteroatoms. The third kappa shape index (κ3) is 1.98. The van der Waals surface area contributed by atoms with Crippen LogP contribution in [0.15, 0.2) is 23.1 Å². The lowest BCUT2D eigenvalue weighted by Gasteiger charge is -1.99. The summed E-state index contributed by atoms with van der Waals surface area (Å²) in [6, 6.07) is 4.57. The van der Waals surface area contributed by atoms with E-state index >= 15 is 0 Å². The smallest absolute Gasteiger partial charge is 0.258 e. The zero-order valence-electron chi connectivity index (χ0n) is 6.03. The highest BCUT2D eigenvalue weighted by Crippen LogP contribution is 2.22. The fourth-order valence-electron chi connectivity index (χ4n) is 0.793. The molecule has 0 N–H and O–H groups in total. The number of non-ortho nitro benzene ring substituents is 1. The molecule has 0 atom stereocenters. The Kier molecular flexibility index (Phi) is 3.11. The van der Waals surface area contributed by atoms with E-state index in [1.807, 2.05) is 0 Å². The fraction of sp³-hybridized carbons (Fsp3) is 0.143. The second-order valence-electron chi connectivity index (χ2n) is 2.20. The third-order valence-electron chi connectivity index (χ3n) is 1.42. The number of nitrogens with zero attached hydrogens (tertiary/aromatic N) is 1. The summed E-state index contributed by atoms with van der Waals surface area (Å²) in [6.07, 6.45) is 0. The molecule has 0 saturated heterocycles. The zero-order valence-corrected chi connectivity index (χ0v) is 8.51. The van der Waals surface area contributed by atoms with Crippen LogP contribution < -0.4 is 0 Å². The minimum Gasteiger partial charge on any atom is -0.258 e. The van der Waals surface area contributed by atoms with Gasteiger partial charge in [-0.3, -0.25) is 10.1 Å². The second-order valence-corrected chi connectivity index (χ2v) is 3.25. The van der Waals surface area contributed by atoms with Crippen molar-refractivity contribution in [3.63, 3.8) is 0 Å². The minimum absolute atomic E-state index is 0.0993. The maximum atomic E-state index is 10.3. The fourth-order valence-corrected chi connectivity index (χ4v) is 1.69. The van der Waals surface area contributed by atoms with Gasteiger partial charge in [0.15, 0.2) is 0 Å². The molecule has 0 spiro atoms. The van der Waals surface area contributed by atoms with Gasteiger partial charge < -0.3 is 0 Å². The molecular formula is C7H6BrNO2S. The highest BCUT2D eigenvalue weighted by atomic mass is 79.9. The molecule has 0 fully saturated rings. The average molecular weight is 248 g/mol. The van der Waals surface area contributed by atoms with Gasteiger partial charge in [0.1, 0.15) is 0 Å². The Morgan fingerprint density at radius 2 is 2.25 bits per heavy atom. The molecule has 64 valence electrons. The number of hydrogen-bond donors (Lipinski definition) is 1. The van der Waals surface area contributed by atoms with E-state index in [1.54, 1.807) is 6.07 Å². The molecule has 0 aliphatic carbocycles. The van der Waals surface area contributed by atoms with Gasteiger partial charge in [0.25, 0.3) is 5.69 Å². The minimum atomic E-state index is -0.417. The summed E-state index contributed by atoms with van der Waals surface area (Å²) in [6.45, 7) is 0. The van der Waals surface area contributed by atoms with Crippen molar-refractivity contribution in [2.24, 2.45) is 0 Å².